The quantitative estimate of drug-likeness (QED) is 0.736. The molecule has 0 aliphatic carbocycles. The van der Waals surface area contributed by atoms with Crippen LogP contribution in [0.25, 0.3) is 0 Å². The Hall–Kier alpha value is -1.16. The third-order valence-electron chi connectivity index (χ3n) is 1.69. The molecule has 0 aliphatic heterocycles. The van der Waals surface area contributed by atoms with Gasteiger partial charge in [0.2, 0.25) is 0 Å². The highest BCUT2D eigenvalue weighted by Crippen LogP contribution is 1.91. The van der Waals surface area contributed by atoms with E-state index in [1.165, 1.54) is 0 Å². The highest BCUT2D eigenvalue weighted by atomic mass is 32.1. The lowest BCUT2D eigenvalue weighted by Gasteiger charge is -2.08. The van der Waals surface area contributed by atoms with Crippen LogP contribution in [0.5, 0.6) is 0 Å². The maximum Gasteiger partial charge on any atom is 0.166 e. The Bertz CT molecular complexity index is 274. The van der Waals surface area contributed by atoms with Gasteiger partial charge in [0.1, 0.15) is 0 Å². The van der Waals surface area contributed by atoms with Crippen LogP contribution < -0.4 is 10.6 Å². The third-order valence-corrected chi connectivity index (χ3v) is 1.98. The summed E-state index contributed by atoms with van der Waals surface area (Å²) in [6, 6.07) is 5.83. The molecule has 0 spiro atoms. The Morgan fingerprint density at radius 3 is 2.93 bits per heavy atom. The van der Waals surface area contributed by atoms with Crippen LogP contribution in [-0.2, 0) is 6.54 Å². The van der Waals surface area contributed by atoms with Crippen LogP contribution in [0.2, 0.25) is 0 Å². The second-order valence-electron chi connectivity index (χ2n) is 2.93. The summed E-state index contributed by atoms with van der Waals surface area (Å²) in [5, 5.41) is 6.88. The van der Waals surface area contributed by atoms with Crippen LogP contribution in [0.1, 0.15) is 19.0 Å². The molecule has 0 saturated carbocycles. The van der Waals surface area contributed by atoms with Crippen molar-refractivity contribution in [3.8, 4) is 0 Å². The van der Waals surface area contributed by atoms with Crippen molar-refractivity contribution in [3.63, 3.8) is 0 Å². The molecule has 1 heterocycles. The van der Waals surface area contributed by atoms with E-state index in [1.807, 2.05) is 18.2 Å². The van der Waals surface area contributed by atoms with Crippen LogP contribution in [0, 0.1) is 0 Å². The number of nitrogens with zero attached hydrogens (tertiary/aromatic N) is 1. The average molecular weight is 209 g/mol. The Balaban J connectivity index is 2.24. The summed E-state index contributed by atoms with van der Waals surface area (Å²) < 4.78 is 0. The predicted octanol–water partition coefficient (Wildman–Crippen LogP) is 1.46. The van der Waals surface area contributed by atoms with Crippen molar-refractivity contribution in [2.45, 2.75) is 19.9 Å². The van der Waals surface area contributed by atoms with Gasteiger partial charge in [-0.2, -0.15) is 0 Å². The van der Waals surface area contributed by atoms with Crippen LogP contribution in [0.3, 0.4) is 0 Å². The largest absolute Gasteiger partial charge is 0.363 e. The van der Waals surface area contributed by atoms with Gasteiger partial charge in [-0.3, -0.25) is 4.98 Å². The molecule has 0 fully saturated rings. The number of rotatable bonds is 4. The summed E-state index contributed by atoms with van der Waals surface area (Å²) in [7, 11) is 0. The van der Waals surface area contributed by atoms with E-state index in [9.17, 15) is 0 Å². The van der Waals surface area contributed by atoms with E-state index in [1.54, 1.807) is 6.20 Å². The van der Waals surface area contributed by atoms with Crippen LogP contribution in [0.4, 0.5) is 0 Å². The number of pyridine rings is 1. The molecule has 14 heavy (non-hydrogen) atoms. The molecule has 0 unspecified atom stereocenters. The zero-order chi connectivity index (χ0) is 10.2. The molecule has 76 valence electrons. The van der Waals surface area contributed by atoms with Gasteiger partial charge in [-0.15, -0.1) is 0 Å². The lowest BCUT2D eigenvalue weighted by atomic mass is 10.3. The lowest BCUT2D eigenvalue weighted by Crippen LogP contribution is -2.35. The van der Waals surface area contributed by atoms with Gasteiger partial charge in [-0.05, 0) is 30.8 Å². The summed E-state index contributed by atoms with van der Waals surface area (Å²) in [6.07, 6.45) is 2.85. The number of hydrogen-bond donors (Lipinski definition) is 2. The van der Waals surface area contributed by atoms with Crippen LogP contribution >= 0.6 is 12.2 Å². The molecule has 0 atom stereocenters. The molecule has 0 saturated heterocycles. The van der Waals surface area contributed by atoms with Crippen molar-refractivity contribution in [1.29, 1.82) is 0 Å². The van der Waals surface area contributed by atoms with Crippen molar-refractivity contribution in [2.75, 3.05) is 6.54 Å². The molecule has 3 nitrogen and oxygen atoms in total. The minimum atomic E-state index is 0.677. The smallest absolute Gasteiger partial charge is 0.166 e. The Morgan fingerprint density at radius 1 is 1.43 bits per heavy atom. The topological polar surface area (TPSA) is 37.0 Å². The summed E-state index contributed by atoms with van der Waals surface area (Å²) in [5.74, 6) is 0. The van der Waals surface area contributed by atoms with E-state index in [2.05, 4.69) is 22.5 Å². The normalized spacial score (nSPS) is 9.50. The van der Waals surface area contributed by atoms with Gasteiger partial charge >= 0.3 is 0 Å². The first-order valence-corrected chi connectivity index (χ1v) is 5.15. The second-order valence-corrected chi connectivity index (χ2v) is 3.34. The fourth-order valence-electron chi connectivity index (χ4n) is 0.975. The van der Waals surface area contributed by atoms with Gasteiger partial charge in [0.05, 0.1) is 12.2 Å². The Morgan fingerprint density at radius 2 is 2.29 bits per heavy atom. The fraction of sp³-hybridized carbons (Fsp3) is 0.400. The van der Waals surface area contributed by atoms with E-state index in [4.69, 9.17) is 12.2 Å². The maximum absolute atomic E-state index is 5.07. The fourth-order valence-corrected chi connectivity index (χ4v) is 1.15. The summed E-state index contributed by atoms with van der Waals surface area (Å²) in [4.78, 5) is 4.18. The average Bonchev–Trinajstić information content (AvgIpc) is 2.25. The Labute approximate surface area is 89.9 Å². The first-order chi connectivity index (χ1) is 6.83. The SMILES string of the molecule is CCCNC(=S)NCc1ccccn1. The molecule has 4 heteroatoms. The van der Waals surface area contributed by atoms with Crippen molar-refractivity contribution in [2.24, 2.45) is 0 Å². The number of nitrogens with one attached hydrogen (secondary N) is 2. The molecule has 0 radical (unpaired) electrons. The minimum Gasteiger partial charge on any atom is -0.363 e. The maximum atomic E-state index is 5.07. The summed E-state index contributed by atoms with van der Waals surface area (Å²) in [6.45, 7) is 3.69. The van der Waals surface area contributed by atoms with Gasteiger partial charge in [-0.1, -0.05) is 13.0 Å². The number of hydrogen-bond acceptors (Lipinski definition) is 2. The van der Waals surface area contributed by atoms with E-state index >= 15 is 0 Å². The first-order valence-electron chi connectivity index (χ1n) is 4.74. The van der Waals surface area contributed by atoms with Crippen molar-refractivity contribution < 1.29 is 0 Å². The number of thiocarbonyl (C=S) groups is 1. The molecular formula is C10H15N3S. The Kier molecular flexibility index (Phi) is 4.93. The predicted molar refractivity (Wildman–Crippen MR) is 62.0 cm³/mol. The molecular weight excluding hydrogens is 194 g/mol. The molecule has 1 aromatic rings. The minimum absolute atomic E-state index is 0.677. The molecule has 1 rings (SSSR count). The van der Waals surface area contributed by atoms with E-state index in [0.717, 1.165) is 18.7 Å². The van der Waals surface area contributed by atoms with Crippen molar-refractivity contribution in [3.05, 3.63) is 30.1 Å². The zero-order valence-electron chi connectivity index (χ0n) is 8.29. The van der Waals surface area contributed by atoms with Crippen molar-refractivity contribution >= 4 is 17.3 Å². The van der Waals surface area contributed by atoms with Gasteiger partial charge in [0.25, 0.3) is 0 Å². The van der Waals surface area contributed by atoms with E-state index < -0.39 is 0 Å². The highest BCUT2D eigenvalue weighted by molar-refractivity contribution is 7.80. The first kappa shape index (κ1) is 10.9. The molecule has 2 N–H and O–H groups in total. The van der Waals surface area contributed by atoms with Crippen LogP contribution in [0.15, 0.2) is 24.4 Å². The molecule has 0 bridgehead atoms. The van der Waals surface area contributed by atoms with Gasteiger partial charge < -0.3 is 10.6 Å². The van der Waals surface area contributed by atoms with Crippen molar-refractivity contribution in [1.82, 2.24) is 15.6 Å². The molecule has 1 aromatic heterocycles. The summed E-state index contributed by atoms with van der Waals surface area (Å²) in [5.41, 5.74) is 0.994. The van der Waals surface area contributed by atoms with Gasteiger partial charge in [0, 0.05) is 12.7 Å². The van der Waals surface area contributed by atoms with Gasteiger partial charge in [0.15, 0.2) is 5.11 Å². The molecule has 0 aromatic carbocycles. The number of aromatic nitrogens is 1. The zero-order valence-corrected chi connectivity index (χ0v) is 9.10. The van der Waals surface area contributed by atoms with E-state index in [0.29, 0.717) is 11.7 Å². The van der Waals surface area contributed by atoms with Crippen LogP contribution in [-0.4, -0.2) is 16.6 Å². The molecule has 0 aliphatic rings. The monoisotopic (exact) mass is 209 g/mol. The third kappa shape index (κ3) is 4.18. The molecule has 0 amide bonds. The van der Waals surface area contributed by atoms with Gasteiger partial charge in [-0.25, -0.2) is 0 Å². The summed E-state index contributed by atoms with van der Waals surface area (Å²) >= 11 is 5.07. The highest BCUT2D eigenvalue weighted by Gasteiger charge is 1.94. The second kappa shape index (κ2) is 6.32. The lowest BCUT2D eigenvalue weighted by molar-refractivity contribution is 0.790. The standard InChI is InChI=1S/C10H15N3S/c1-2-6-12-10(14)13-8-9-5-3-4-7-11-9/h3-5,7H,2,6,8H2,1H3,(H2,12,13,14). The van der Waals surface area contributed by atoms with E-state index in [-0.39, 0.29) is 0 Å².